The first-order valence-electron chi connectivity index (χ1n) is 30.3. The minimum atomic E-state index is 0.509. The molecule has 9 aliphatic rings. The van der Waals surface area contributed by atoms with Crippen molar-refractivity contribution in [2.45, 2.75) is 294 Å². The highest BCUT2D eigenvalue weighted by Crippen LogP contribution is 2.48. The smallest absolute Gasteiger partial charge is 0.219 e. The normalized spacial score (nSPS) is 41.2. The quantitative estimate of drug-likeness (QED) is 0.197. The highest BCUT2D eigenvalue weighted by atomic mass is 16.4. The van der Waals surface area contributed by atoms with Crippen LogP contribution in [-0.4, -0.2) is 57.3 Å². The molecule has 0 radical (unpaired) electrons. The molecule has 0 N–H and O–H groups in total. The molecular formula is C60H102N4O. The van der Waals surface area contributed by atoms with Crippen molar-refractivity contribution >= 4 is 0 Å². The summed E-state index contributed by atoms with van der Waals surface area (Å²) >= 11 is 0. The van der Waals surface area contributed by atoms with E-state index in [4.69, 9.17) is 14.6 Å². The topological polar surface area (TPSA) is 45.4 Å². The summed E-state index contributed by atoms with van der Waals surface area (Å²) in [6.07, 6.45) is 55.6. The molecular weight excluding hydrogens is 793 g/mol. The van der Waals surface area contributed by atoms with E-state index in [1.54, 1.807) is 12.8 Å². The second-order valence-corrected chi connectivity index (χ2v) is 26.3. The number of nitrogens with zero attached hydrogens (tertiary/aromatic N) is 4. The van der Waals surface area contributed by atoms with Crippen LogP contribution in [0, 0.1) is 59.2 Å². The van der Waals surface area contributed by atoms with Crippen molar-refractivity contribution in [3.05, 3.63) is 11.8 Å². The molecule has 0 aliphatic heterocycles. The molecule has 0 amide bonds. The standard InChI is InChI=1S/C60H102N4O/c1-43-13-19-47(20-14-43)49-23-27-53(28-24-49)59-61-62-60(65-59)54-29-25-50(26-30-54)48-21-17-46(18-22-48)42-63(41-45-9-5-3-6-10-45)55-37-31-51(32-38-55)52-33-39-58(40-34-52)64(56-11-7-4-8-12-56)57-35-15-44(2)16-36-57/h43-58H,3-42H2,1-2H3. The van der Waals surface area contributed by atoms with E-state index in [0.717, 1.165) is 95.1 Å². The Labute approximate surface area is 400 Å². The Morgan fingerprint density at radius 2 is 0.662 bits per heavy atom. The molecule has 5 nitrogen and oxygen atoms in total. The molecule has 10 rings (SSSR count). The molecule has 0 atom stereocenters. The maximum Gasteiger partial charge on any atom is 0.219 e. The van der Waals surface area contributed by atoms with Crippen LogP contribution >= 0.6 is 0 Å². The van der Waals surface area contributed by atoms with Crippen LogP contribution in [0.1, 0.15) is 281 Å². The van der Waals surface area contributed by atoms with Gasteiger partial charge in [0.2, 0.25) is 11.8 Å². The summed E-state index contributed by atoms with van der Waals surface area (Å²) in [5.74, 6) is 12.7. The predicted molar refractivity (Wildman–Crippen MR) is 270 cm³/mol. The average molecular weight is 896 g/mol. The van der Waals surface area contributed by atoms with Crippen molar-refractivity contribution < 1.29 is 4.42 Å². The molecule has 1 aromatic rings. The average Bonchev–Trinajstić information content (AvgIpc) is 3.87. The summed E-state index contributed by atoms with van der Waals surface area (Å²) in [6, 6.07) is 3.59. The molecule has 1 aromatic heterocycles. The fourth-order valence-electron chi connectivity index (χ4n) is 17.9. The zero-order valence-electron chi connectivity index (χ0n) is 42.7. The summed E-state index contributed by atoms with van der Waals surface area (Å²) in [5.41, 5.74) is 0. The molecule has 0 unspecified atom stereocenters. The lowest BCUT2D eigenvalue weighted by Gasteiger charge is -2.50. The van der Waals surface area contributed by atoms with E-state index in [0.29, 0.717) is 11.8 Å². The van der Waals surface area contributed by atoms with Gasteiger partial charge >= 0.3 is 0 Å². The van der Waals surface area contributed by atoms with Crippen LogP contribution in [-0.2, 0) is 0 Å². The van der Waals surface area contributed by atoms with Gasteiger partial charge < -0.3 is 4.42 Å². The van der Waals surface area contributed by atoms with Gasteiger partial charge in [-0.1, -0.05) is 65.2 Å². The molecule has 9 saturated carbocycles. The van der Waals surface area contributed by atoms with Crippen LogP contribution in [0.5, 0.6) is 0 Å². The summed E-state index contributed by atoms with van der Waals surface area (Å²) in [4.78, 5) is 6.38. The zero-order valence-corrected chi connectivity index (χ0v) is 42.7. The maximum atomic E-state index is 6.55. The van der Waals surface area contributed by atoms with E-state index in [-0.39, 0.29) is 0 Å². The molecule has 368 valence electrons. The SMILES string of the molecule is CC1CCC(C2CCC(c3nnc(C4CCC(C5CCC(CN(CC6CCCCC6)C6CCC(C7CCC(N(C8CCCCC8)C8CCC(C)CC8)CC7)CC6)CC5)CC4)o3)CC2)CC1. The molecule has 1 heterocycles. The Morgan fingerprint density at radius 3 is 1.12 bits per heavy atom. The molecule has 0 aromatic carbocycles. The van der Waals surface area contributed by atoms with E-state index < -0.39 is 0 Å². The van der Waals surface area contributed by atoms with Gasteiger partial charge in [-0.25, -0.2) is 0 Å². The van der Waals surface area contributed by atoms with Crippen molar-refractivity contribution in [2.75, 3.05) is 13.1 Å². The second kappa shape index (κ2) is 23.3. The third-order valence-electron chi connectivity index (χ3n) is 22.2. The second-order valence-electron chi connectivity index (χ2n) is 26.3. The lowest BCUT2D eigenvalue weighted by molar-refractivity contribution is 0.00160. The molecule has 9 aliphatic carbocycles. The maximum absolute atomic E-state index is 6.55. The molecule has 65 heavy (non-hydrogen) atoms. The lowest BCUT2D eigenvalue weighted by atomic mass is 9.69. The van der Waals surface area contributed by atoms with E-state index >= 15 is 0 Å². The molecule has 0 bridgehead atoms. The van der Waals surface area contributed by atoms with Crippen molar-refractivity contribution in [1.82, 2.24) is 20.0 Å². The van der Waals surface area contributed by atoms with Gasteiger partial charge in [0.1, 0.15) is 0 Å². The first-order valence-corrected chi connectivity index (χ1v) is 30.3. The number of hydrogen-bond acceptors (Lipinski definition) is 5. The Kier molecular flexibility index (Phi) is 17.1. The van der Waals surface area contributed by atoms with Crippen LogP contribution in [0.3, 0.4) is 0 Å². The first kappa shape index (κ1) is 47.7. The number of aromatic nitrogens is 2. The Bertz CT molecular complexity index is 1490. The zero-order chi connectivity index (χ0) is 44.0. The van der Waals surface area contributed by atoms with E-state index in [1.807, 2.05) is 0 Å². The van der Waals surface area contributed by atoms with Crippen LogP contribution in [0.25, 0.3) is 0 Å². The Balaban J connectivity index is 0.661. The van der Waals surface area contributed by atoms with Crippen LogP contribution in [0.2, 0.25) is 0 Å². The van der Waals surface area contributed by atoms with Crippen LogP contribution < -0.4 is 0 Å². The van der Waals surface area contributed by atoms with Gasteiger partial charge in [0.25, 0.3) is 0 Å². The largest absolute Gasteiger partial charge is 0.425 e. The third kappa shape index (κ3) is 12.3. The summed E-state index contributed by atoms with van der Waals surface area (Å²) in [6.45, 7) is 7.83. The highest BCUT2D eigenvalue weighted by molar-refractivity contribution is 5.01. The van der Waals surface area contributed by atoms with E-state index in [2.05, 4.69) is 23.6 Å². The monoisotopic (exact) mass is 895 g/mol. The number of rotatable bonds is 13. The van der Waals surface area contributed by atoms with Gasteiger partial charge in [-0.2, -0.15) is 0 Å². The molecule has 5 heteroatoms. The van der Waals surface area contributed by atoms with Gasteiger partial charge in [-0.05, 0) is 252 Å². The molecule has 0 saturated heterocycles. The molecule has 0 spiro atoms. The van der Waals surface area contributed by atoms with Gasteiger partial charge in [-0.3, -0.25) is 9.80 Å². The highest BCUT2D eigenvalue weighted by Gasteiger charge is 2.41. The third-order valence-corrected chi connectivity index (χ3v) is 22.2. The van der Waals surface area contributed by atoms with Crippen molar-refractivity contribution in [3.8, 4) is 0 Å². The van der Waals surface area contributed by atoms with Gasteiger partial charge in [0.15, 0.2) is 0 Å². The van der Waals surface area contributed by atoms with Gasteiger partial charge in [0.05, 0.1) is 0 Å². The van der Waals surface area contributed by atoms with E-state index in [1.165, 1.54) is 244 Å². The Morgan fingerprint density at radius 1 is 0.338 bits per heavy atom. The summed E-state index contributed by atoms with van der Waals surface area (Å²) in [7, 11) is 0. The van der Waals surface area contributed by atoms with Gasteiger partial charge in [-0.15, -0.1) is 10.2 Å². The molecule has 9 fully saturated rings. The number of hydrogen-bond donors (Lipinski definition) is 0. The van der Waals surface area contributed by atoms with Crippen LogP contribution in [0.4, 0.5) is 0 Å². The van der Waals surface area contributed by atoms with Crippen molar-refractivity contribution in [2.24, 2.45) is 59.2 Å². The fraction of sp³-hybridized carbons (Fsp3) is 0.967. The van der Waals surface area contributed by atoms with Crippen LogP contribution in [0.15, 0.2) is 4.42 Å². The summed E-state index contributed by atoms with van der Waals surface area (Å²) in [5, 5.41) is 9.44. The fourth-order valence-corrected chi connectivity index (χ4v) is 17.9. The predicted octanol–water partition coefficient (Wildman–Crippen LogP) is 16.5. The van der Waals surface area contributed by atoms with Gasteiger partial charge in [0, 0.05) is 49.1 Å². The summed E-state index contributed by atoms with van der Waals surface area (Å²) < 4.78 is 6.55. The minimum Gasteiger partial charge on any atom is -0.425 e. The van der Waals surface area contributed by atoms with Crippen molar-refractivity contribution in [1.29, 1.82) is 0 Å². The van der Waals surface area contributed by atoms with E-state index in [9.17, 15) is 0 Å². The van der Waals surface area contributed by atoms with Crippen molar-refractivity contribution in [3.63, 3.8) is 0 Å². The lowest BCUT2D eigenvalue weighted by Crippen LogP contribution is -2.52. The first-order chi connectivity index (χ1) is 32.0. The Hall–Kier alpha value is -0.940. The minimum absolute atomic E-state index is 0.509.